The number of benzene rings is 2. The Morgan fingerprint density at radius 2 is 1.86 bits per heavy atom. The Labute approximate surface area is 144 Å². The van der Waals surface area contributed by atoms with Crippen molar-refractivity contribution in [2.75, 3.05) is 0 Å². The van der Waals surface area contributed by atoms with Crippen LogP contribution in [0.15, 0.2) is 54.7 Å². The molecule has 0 radical (unpaired) electrons. The predicted octanol–water partition coefficient (Wildman–Crippen LogP) is 4.46. The van der Waals surface area contributed by atoms with Crippen LogP contribution in [0.25, 0.3) is 26.5 Å². The summed E-state index contributed by atoms with van der Waals surface area (Å²) in [5, 5.41) is 14.8. The van der Waals surface area contributed by atoms with E-state index in [4.69, 9.17) is 0 Å². The van der Waals surface area contributed by atoms with Crippen LogP contribution in [0.3, 0.4) is 0 Å². The van der Waals surface area contributed by atoms with Gasteiger partial charge >= 0.3 is 0 Å². The number of nitrogens with zero attached hydrogens (tertiary/aromatic N) is 3. The molecule has 0 aliphatic carbocycles. The maximum Gasteiger partial charge on any atom is 0.124 e. The summed E-state index contributed by atoms with van der Waals surface area (Å²) in [5.74, 6) is 0.270. The summed E-state index contributed by atoms with van der Waals surface area (Å²) in [5.41, 5.74) is 2.99. The van der Waals surface area contributed by atoms with Crippen molar-refractivity contribution in [2.45, 2.75) is 0 Å². The number of hydrogen-bond donors (Lipinski definition) is 1. The lowest BCUT2D eigenvalue weighted by Gasteiger charge is -2.04. The maximum absolute atomic E-state index is 9.55. The molecule has 2 aromatic heterocycles. The van der Waals surface area contributed by atoms with Crippen LogP contribution in [0.1, 0.15) is 0 Å². The molecule has 0 spiro atoms. The maximum atomic E-state index is 9.55. The molecule has 108 valence electrons. The van der Waals surface area contributed by atoms with E-state index < -0.39 is 0 Å². The second-order valence-electron chi connectivity index (χ2n) is 4.78. The van der Waals surface area contributed by atoms with Crippen molar-refractivity contribution in [3.63, 3.8) is 0 Å². The number of thiazole rings is 1. The highest BCUT2D eigenvalue weighted by atomic mass is 127. The van der Waals surface area contributed by atoms with Gasteiger partial charge in [-0.05, 0) is 71.1 Å². The van der Waals surface area contributed by atoms with Crippen molar-refractivity contribution < 1.29 is 5.11 Å². The zero-order valence-corrected chi connectivity index (χ0v) is 14.2. The number of rotatable bonds is 2. The highest BCUT2D eigenvalue weighted by molar-refractivity contribution is 14.1. The summed E-state index contributed by atoms with van der Waals surface area (Å²) in [6, 6.07) is 15.4. The molecule has 0 aliphatic rings. The molecule has 22 heavy (non-hydrogen) atoms. The largest absolute Gasteiger partial charge is 0.508 e. The Hall–Kier alpha value is -1.93. The third-order valence-corrected chi connectivity index (χ3v) is 5.21. The van der Waals surface area contributed by atoms with Crippen LogP contribution in [0, 0.1) is 3.70 Å². The number of hydrogen-bond acceptors (Lipinski definition) is 4. The summed E-state index contributed by atoms with van der Waals surface area (Å²) in [4.78, 5) is 4.62. The first-order chi connectivity index (χ1) is 10.7. The van der Waals surface area contributed by atoms with E-state index in [9.17, 15) is 5.11 Å². The topological polar surface area (TPSA) is 50.9 Å². The molecule has 0 atom stereocenters. The average Bonchev–Trinajstić information content (AvgIpc) is 3.13. The minimum Gasteiger partial charge on any atom is -0.508 e. The molecule has 2 aromatic carbocycles. The number of phenolic OH excluding ortho intramolecular Hbond substituents is 1. The van der Waals surface area contributed by atoms with Gasteiger partial charge in [-0.25, -0.2) is 9.67 Å². The Morgan fingerprint density at radius 3 is 2.59 bits per heavy atom. The molecule has 1 N–H and O–H groups in total. The lowest BCUT2D eigenvalue weighted by molar-refractivity contribution is 0.476. The number of aromatic hydroxyl groups is 1. The van der Waals surface area contributed by atoms with Gasteiger partial charge in [-0.2, -0.15) is 5.10 Å². The van der Waals surface area contributed by atoms with Crippen LogP contribution in [-0.4, -0.2) is 19.9 Å². The van der Waals surface area contributed by atoms with Crippen LogP contribution in [0.4, 0.5) is 0 Å². The molecular weight excluding hydrogens is 409 g/mol. The molecule has 0 fully saturated rings. The van der Waals surface area contributed by atoms with E-state index in [0.29, 0.717) is 0 Å². The summed E-state index contributed by atoms with van der Waals surface area (Å²) < 4.78 is 3.95. The number of phenols is 1. The third kappa shape index (κ3) is 2.38. The van der Waals surface area contributed by atoms with Crippen LogP contribution in [0.2, 0.25) is 0 Å². The van der Waals surface area contributed by atoms with Crippen LogP contribution >= 0.6 is 33.9 Å². The van der Waals surface area contributed by atoms with Crippen molar-refractivity contribution in [2.24, 2.45) is 0 Å². The molecule has 4 aromatic rings. The quantitative estimate of drug-likeness (QED) is 0.489. The van der Waals surface area contributed by atoms with E-state index >= 15 is 0 Å². The van der Waals surface area contributed by atoms with Gasteiger partial charge in [0.2, 0.25) is 0 Å². The van der Waals surface area contributed by atoms with E-state index in [0.717, 1.165) is 30.2 Å². The zero-order valence-electron chi connectivity index (χ0n) is 11.3. The molecule has 0 saturated heterocycles. The Bertz CT molecular complexity index is 959. The number of halogens is 1. The first-order valence-electron chi connectivity index (χ1n) is 6.60. The van der Waals surface area contributed by atoms with Gasteiger partial charge in [-0.3, -0.25) is 0 Å². The molecule has 0 aliphatic heterocycles. The Kier molecular flexibility index (Phi) is 3.34. The van der Waals surface area contributed by atoms with Gasteiger partial charge in [0, 0.05) is 5.56 Å². The fraction of sp³-hybridized carbons (Fsp3) is 0. The highest BCUT2D eigenvalue weighted by Crippen LogP contribution is 2.32. The summed E-state index contributed by atoms with van der Waals surface area (Å²) in [7, 11) is 0. The highest BCUT2D eigenvalue weighted by Gasteiger charge is 2.08. The molecule has 0 amide bonds. The van der Waals surface area contributed by atoms with E-state index in [-0.39, 0.29) is 5.75 Å². The second kappa shape index (κ2) is 5.36. The SMILES string of the molecule is Oc1ccc2nc(-c3ccc(-n4nccc4I)cc3)sc2c1. The lowest BCUT2D eigenvalue weighted by Crippen LogP contribution is -1.97. The minimum absolute atomic E-state index is 0.270. The van der Waals surface area contributed by atoms with Crippen molar-refractivity contribution in [1.29, 1.82) is 0 Å². The number of fused-ring (bicyclic) bond motifs is 1. The van der Waals surface area contributed by atoms with Gasteiger partial charge in [0.1, 0.15) is 14.5 Å². The molecule has 0 saturated carbocycles. The lowest BCUT2D eigenvalue weighted by atomic mass is 10.2. The summed E-state index contributed by atoms with van der Waals surface area (Å²) in [6.07, 6.45) is 1.79. The normalized spacial score (nSPS) is 11.1. The fourth-order valence-corrected chi connectivity index (χ4v) is 3.83. The van der Waals surface area contributed by atoms with Crippen LogP contribution in [-0.2, 0) is 0 Å². The fourth-order valence-electron chi connectivity index (χ4n) is 2.26. The predicted molar refractivity (Wildman–Crippen MR) is 96.6 cm³/mol. The molecular formula is C16H10IN3OS. The monoisotopic (exact) mass is 419 g/mol. The van der Waals surface area contributed by atoms with Gasteiger partial charge < -0.3 is 5.11 Å². The van der Waals surface area contributed by atoms with Gasteiger partial charge in [-0.15, -0.1) is 11.3 Å². The molecule has 6 heteroatoms. The van der Waals surface area contributed by atoms with Crippen LogP contribution < -0.4 is 0 Å². The summed E-state index contributed by atoms with van der Waals surface area (Å²) in [6.45, 7) is 0. The number of aromatic nitrogens is 3. The van der Waals surface area contributed by atoms with E-state index in [2.05, 4.69) is 32.7 Å². The van der Waals surface area contributed by atoms with Crippen molar-refractivity contribution in [3.05, 3.63) is 58.4 Å². The van der Waals surface area contributed by atoms with Gasteiger partial charge in [0.15, 0.2) is 0 Å². The van der Waals surface area contributed by atoms with Crippen molar-refractivity contribution in [1.82, 2.24) is 14.8 Å². The smallest absolute Gasteiger partial charge is 0.124 e. The average molecular weight is 419 g/mol. The van der Waals surface area contributed by atoms with Crippen LogP contribution in [0.5, 0.6) is 5.75 Å². The van der Waals surface area contributed by atoms with E-state index in [1.54, 1.807) is 29.7 Å². The standard InChI is InChI=1S/C16H10IN3OS/c17-15-7-8-18-20(15)11-3-1-10(2-4-11)16-19-13-6-5-12(21)9-14(13)22-16/h1-9,21H. The van der Waals surface area contributed by atoms with E-state index in [1.165, 1.54) is 0 Å². The zero-order chi connectivity index (χ0) is 15.1. The Balaban J connectivity index is 1.74. The second-order valence-corrected chi connectivity index (χ2v) is 6.92. The van der Waals surface area contributed by atoms with Crippen molar-refractivity contribution >= 4 is 44.1 Å². The minimum atomic E-state index is 0.270. The molecule has 0 unspecified atom stereocenters. The van der Waals surface area contributed by atoms with Gasteiger partial charge in [0.25, 0.3) is 0 Å². The third-order valence-electron chi connectivity index (χ3n) is 3.33. The Morgan fingerprint density at radius 1 is 1.05 bits per heavy atom. The van der Waals surface area contributed by atoms with Gasteiger partial charge in [-0.1, -0.05) is 0 Å². The first-order valence-corrected chi connectivity index (χ1v) is 8.50. The van der Waals surface area contributed by atoms with Gasteiger partial charge in [0.05, 0.1) is 22.1 Å². The van der Waals surface area contributed by atoms with E-state index in [1.807, 2.05) is 41.1 Å². The molecule has 0 bridgehead atoms. The molecule has 4 nitrogen and oxygen atoms in total. The first kappa shape index (κ1) is 13.7. The molecule has 4 rings (SSSR count). The summed E-state index contributed by atoms with van der Waals surface area (Å²) >= 11 is 3.83. The molecule has 2 heterocycles. The van der Waals surface area contributed by atoms with Crippen molar-refractivity contribution in [3.8, 4) is 22.0 Å².